The summed E-state index contributed by atoms with van der Waals surface area (Å²) in [5.41, 5.74) is 2.01. The normalized spacial score (nSPS) is 15.7. The standard InChI is InChI=1S/C18H18N2O4/c21-18(22)14-2-1-7-19-15(14)10-20(13-4-5-13)9-12-3-6-16-17(8-12)24-11-23-16/h1-3,6-8,13H,4-5,9-11H2,(H,21,22). The number of nitrogens with zero attached hydrogens (tertiary/aromatic N) is 2. The molecule has 6 heteroatoms. The van der Waals surface area contributed by atoms with Gasteiger partial charge in [-0.2, -0.15) is 0 Å². The minimum Gasteiger partial charge on any atom is -0.478 e. The van der Waals surface area contributed by atoms with Crippen LogP contribution in [0.2, 0.25) is 0 Å². The first-order valence-corrected chi connectivity index (χ1v) is 8.00. The van der Waals surface area contributed by atoms with Crippen LogP contribution in [0, 0.1) is 0 Å². The van der Waals surface area contributed by atoms with Gasteiger partial charge >= 0.3 is 5.97 Å². The molecule has 2 heterocycles. The second-order valence-electron chi connectivity index (χ2n) is 6.13. The first kappa shape index (κ1) is 15.0. The van der Waals surface area contributed by atoms with Crippen molar-refractivity contribution in [2.75, 3.05) is 6.79 Å². The van der Waals surface area contributed by atoms with Crippen LogP contribution in [0.1, 0.15) is 34.5 Å². The Morgan fingerprint density at radius 2 is 2.04 bits per heavy atom. The van der Waals surface area contributed by atoms with Crippen LogP contribution in [0.25, 0.3) is 0 Å². The minimum absolute atomic E-state index is 0.265. The second kappa shape index (κ2) is 6.13. The third-order valence-electron chi connectivity index (χ3n) is 4.36. The van der Waals surface area contributed by atoms with Gasteiger partial charge in [0.05, 0.1) is 11.3 Å². The van der Waals surface area contributed by atoms with Crippen molar-refractivity contribution in [2.45, 2.75) is 32.0 Å². The fourth-order valence-corrected chi connectivity index (χ4v) is 2.98. The highest BCUT2D eigenvalue weighted by Crippen LogP contribution is 2.35. The van der Waals surface area contributed by atoms with E-state index in [1.54, 1.807) is 18.3 Å². The number of ether oxygens (including phenoxy) is 2. The van der Waals surface area contributed by atoms with E-state index in [4.69, 9.17) is 9.47 Å². The molecule has 1 N–H and O–H groups in total. The van der Waals surface area contributed by atoms with Gasteiger partial charge in [-0.15, -0.1) is 0 Å². The summed E-state index contributed by atoms with van der Waals surface area (Å²) in [5.74, 6) is 0.610. The zero-order chi connectivity index (χ0) is 16.5. The van der Waals surface area contributed by atoms with E-state index in [0.29, 0.717) is 18.3 Å². The number of hydrogen-bond acceptors (Lipinski definition) is 5. The summed E-state index contributed by atoms with van der Waals surface area (Å²) >= 11 is 0. The predicted octanol–water partition coefficient (Wildman–Crippen LogP) is 2.67. The van der Waals surface area contributed by atoms with Crippen molar-refractivity contribution in [3.05, 3.63) is 53.3 Å². The molecule has 0 atom stereocenters. The quantitative estimate of drug-likeness (QED) is 0.880. The average Bonchev–Trinajstić information content (AvgIpc) is 3.32. The van der Waals surface area contributed by atoms with E-state index in [9.17, 15) is 9.90 Å². The lowest BCUT2D eigenvalue weighted by Gasteiger charge is -2.22. The highest BCUT2D eigenvalue weighted by molar-refractivity contribution is 5.88. The van der Waals surface area contributed by atoms with Crippen LogP contribution in [0.4, 0.5) is 0 Å². The molecule has 0 amide bonds. The number of carbonyl (C=O) groups is 1. The summed E-state index contributed by atoms with van der Waals surface area (Å²) in [7, 11) is 0. The van der Waals surface area contributed by atoms with Gasteiger partial charge in [0.15, 0.2) is 11.5 Å². The molecule has 6 nitrogen and oxygen atoms in total. The van der Waals surface area contributed by atoms with Gasteiger partial charge in [0.2, 0.25) is 6.79 Å². The second-order valence-corrected chi connectivity index (χ2v) is 6.13. The van der Waals surface area contributed by atoms with Crippen LogP contribution >= 0.6 is 0 Å². The third kappa shape index (κ3) is 3.05. The number of pyridine rings is 1. The molecule has 4 rings (SSSR count). The lowest BCUT2D eigenvalue weighted by Crippen LogP contribution is -2.26. The molecule has 1 saturated carbocycles. The first-order valence-electron chi connectivity index (χ1n) is 8.00. The van der Waals surface area contributed by atoms with Gasteiger partial charge in [-0.3, -0.25) is 9.88 Å². The maximum atomic E-state index is 11.4. The maximum absolute atomic E-state index is 11.4. The first-order chi connectivity index (χ1) is 11.7. The number of carboxylic acid groups (broad SMARTS) is 1. The van der Waals surface area contributed by atoms with Crippen molar-refractivity contribution < 1.29 is 19.4 Å². The van der Waals surface area contributed by atoms with E-state index in [2.05, 4.69) is 9.88 Å². The molecule has 2 aliphatic rings. The monoisotopic (exact) mass is 326 g/mol. The van der Waals surface area contributed by atoms with E-state index in [1.807, 2.05) is 18.2 Å². The Morgan fingerprint density at radius 3 is 2.83 bits per heavy atom. The van der Waals surface area contributed by atoms with Gasteiger partial charge in [-0.05, 0) is 42.7 Å². The van der Waals surface area contributed by atoms with Crippen LogP contribution < -0.4 is 9.47 Å². The molecule has 0 bridgehead atoms. The summed E-state index contributed by atoms with van der Waals surface area (Å²) in [6, 6.07) is 9.70. The lowest BCUT2D eigenvalue weighted by atomic mass is 10.1. The molecule has 1 fully saturated rings. The van der Waals surface area contributed by atoms with Crippen molar-refractivity contribution >= 4 is 5.97 Å². The number of aromatic nitrogens is 1. The summed E-state index contributed by atoms with van der Waals surface area (Å²) < 4.78 is 10.8. The smallest absolute Gasteiger partial charge is 0.337 e. The Balaban J connectivity index is 1.54. The van der Waals surface area contributed by atoms with Crippen molar-refractivity contribution in [1.82, 2.24) is 9.88 Å². The van der Waals surface area contributed by atoms with Gasteiger partial charge in [-0.1, -0.05) is 6.07 Å². The number of carboxylic acids is 1. The SMILES string of the molecule is O=C(O)c1cccnc1CN(Cc1ccc2c(c1)OCO2)C1CC1. The van der Waals surface area contributed by atoms with E-state index in [1.165, 1.54) is 0 Å². The molecule has 0 radical (unpaired) electrons. The number of rotatable bonds is 6. The molecule has 124 valence electrons. The zero-order valence-electron chi connectivity index (χ0n) is 13.1. The fraction of sp³-hybridized carbons (Fsp3) is 0.333. The molecule has 0 unspecified atom stereocenters. The molecule has 1 aliphatic heterocycles. The van der Waals surface area contributed by atoms with E-state index >= 15 is 0 Å². The van der Waals surface area contributed by atoms with Gasteiger partial charge in [0.25, 0.3) is 0 Å². The Morgan fingerprint density at radius 1 is 1.21 bits per heavy atom. The van der Waals surface area contributed by atoms with Gasteiger partial charge in [0.1, 0.15) is 0 Å². The van der Waals surface area contributed by atoms with Crippen LogP contribution in [0.15, 0.2) is 36.5 Å². The highest BCUT2D eigenvalue weighted by Gasteiger charge is 2.30. The van der Waals surface area contributed by atoms with Crippen LogP contribution in [0.5, 0.6) is 11.5 Å². The molecule has 1 aliphatic carbocycles. The topological polar surface area (TPSA) is 71.9 Å². The van der Waals surface area contributed by atoms with Crippen LogP contribution in [0.3, 0.4) is 0 Å². The van der Waals surface area contributed by atoms with Gasteiger partial charge < -0.3 is 14.6 Å². The molecular weight excluding hydrogens is 308 g/mol. The molecular formula is C18H18N2O4. The van der Waals surface area contributed by atoms with E-state index in [0.717, 1.165) is 36.4 Å². The minimum atomic E-state index is -0.933. The van der Waals surface area contributed by atoms with Gasteiger partial charge in [-0.25, -0.2) is 4.79 Å². The number of fused-ring (bicyclic) bond motifs is 1. The van der Waals surface area contributed by atoms with Crippen molar-refractivity contribution in [1.29, 1.82) is 0 Å². The highest BCUT2D eigenvalue weighted by atomic mass is 16.7. The molecule has 0 saturated heterocycles. The zero-order valence-corrected chi connectivity index (χ0v) is 13.1. The van der Waals surface area contributed by atoms with Crippen LogP contribution in [-0.2, 0) is 13.1 Å². The van der Waals surface area contributed by atoms with Crippen molar-refractivity contribution in [3.8, 4) is 11.5 Å². The largest absolute Gasteiger partial charge is 0.478 e. The average molecular weight is 326 g/mol. The third-order valence-corrected chi connectivity index (χ3v) is 4.36. The molecule has 24 heavy (non-hydrogen) atoms. The molecule has 0 spiro atoms. The summed E-state index contributed by atoms with van der Waals surface area (Å²) in [6.07, 6.45) is 3.92. The predicted molar refractivity (Wildman–Crippen MR) is 86.0 cm³/mol. The Kier molecular flexibility index (Phi) is 3.82. The van der Waals surface area contributed by atoms with E-state index in [-0.39, 0.29) is 12.4 Å². The Hall–Kier alpha value is -2.60. The molecule has 2 aromatic rings. The fourth-order valence-electron chi connectivity index (χ4n) is 2.98. The Bertz CT molecular complexity index is 773. The Labute approximate surface area is 139 Å². The van der Waals surface area contributed by atoms with Gasteiger partial charge in [0, 0.05) is 25.3 Å². The van der Waals surface area contributed by atoms with E-state index < -0.39 is 5.97 Å². The van der Waals surface area contributed by atoms with Crippen molar-refractivity contribution in [2.24, 2.45) is 0 Å². The molecule has 1 aromatic carbocycles. The van der Waals surface area contributed by atoms with Crippen LogP contribution in [-0.4, -0.2) is 33.8 Å². The number of benzene rings is 1. The number of aromatic carboxylic acids is 1. The lowest BCUT2D eigenvalue weighted by molar-refractivity contribution is 0.0693. The number of hydrogen-bond donors (Lipinski definition) is 1. The summed E-state index contributed by atoms with van der Waals surface area (Å²) in [6.45, 7) is 1.53. The molecule has 1 aromatic heterocycles. The maximum Gasteiger partial charge on any atom is 0.337 e. The summed E-state index contributed by atoms with van der Waals surface area (Å²) in [4.78, 5) is 18.0. The summed E-state index contributed by atoms with van der Waals surface area (Å²) in [5, 5.41) is 9.34. The van der Waals surface area contributed by atoms with Crippen molar-refractivity contribution in [3.63, 3.8) is 0 Å².